The lowest BCUT2D eigenvalue weighted by Gasteiger charge is -2.29. The van der Waals surface area contributed by atoms with Gasteiger partial charge in [0.15, 0.2) is 0 Å². The van der Waals surface area contributed by atoms with Crippen molar-refractivity contribution in [3.05, 3.63) is 0 Å². The Morgan fingerprint density at radius 3 is 2.75 bits per heavy atom. The molecule has 0 aliphatic heterocycles. The number of nitrogens with one attached hydrogen (secondary N) is 1. The second-order valence-corrected chi connectivity index (χ2v) is 5.49. The van der Waals surface area contributed by atoms with E-state index >= 15 is 0 Å². The Labute approximate surface area is 122 Å². The maximum Gasteiger partial charge on any atom is 0.223 e. The first-order valence-electron chi connectivity index (χ1n) is 7.84. The van der Waals surface area contributed by atoms with Crippen LogP contribution in [0.1, 0.15) is 38.5 Å². The zero-order valence-electron chi connectivity index (χ0n) is 12.7. The van der Waals surface area contributed by atoms with Crippen molar-refractivity contribution in [1.82, 2.24) is 5.32 Å². The maximum atomic E-state index is 12.1. The van der Waals surface area contributed by atoms with E-state index in [1.54, 1.807) is 7.11 Å². The summed E-state index contributed by atoms with van der Waals surface area (Å²) in [7, 11) is 1.67. The molecule has 2 atom stereocenters. The number of amides is 1. The fourth-order valence-corrected chi connectivity index (χ4v) is 2.75. The van der Waals surface area contributed by atoms with Gasteiger partial charge in [0.25, 0.3) is 0 Å². The van der Waals surface area contributed by atoms with Crippen LogP contribution in [0.2, 0.25) is 0 Å². The van der Waals surface area contributed by atoms with Crippen LogP contribution in [-0.4, -0.2) is 45.9 Å². The summed E-state index contributed by atoms with van der Waals surface area (Å²) >= 11 is 0. The lowest BCUT2D eigenvalue weighted by atomic mass is 9.79. The van der Waals surface area contributed by atoms with Gasteiger partial charge in [-0.15, -0.1) is 0 Å². The van der Waals surface area contributed by atoms with Crippen LogP contribution in [0.25, 0.3) is 0 Å². The number of rotatable bonds is 10. The van der Waals surface area contributed by atoms with Crippen molar-refractivity contribution in [2.24, 2.45) is 17.6 Å². The Bertz CT molecular complexity index is 262. The van der Waals surface area contributed by atoms with Gasteiger partial charge in [0.1, 0.15) is 0 Å². The summed E-state index contributed by atoms with van der Waals surface area (Å²) in [5.74, 6) is 0.702. The molecule has 118 valence electrons. The van der Waals surface area contributed by atoms with Crippen molar-refractivity contribution in [3.8, 4) is 0 Å². The van der Waals surface area contributed by atoms with Gasteiger partial charge in [0.05, 0.1) is 13.2 Å². The molecular formula is C15H30N2O3. The quantitative estimate of drug-likeness (QED) is 0.594. The summed E-state index contributed by atoms with van der Waals surface area (Å²) in [6.45, 7) is 3.38. The van der Waals surface area contributed by atoms with E-state index in [0.717, 1.165) is 45.3 Å². The van der Waals surface area contributed by atoms with E-state index < -0.39 is 0 Å². The molecule has 0 bridgehead atoms. The van der Waals surface area contributed by atoms with Crippen LogP contribution < -0.4 is 11.1 Å². The molecule has 0 saturated heterocycles. The Morgan fingerprint density at radius 2 is 2.00 bits per heavy atom. The Balaban J connectivity index is 2.04. The SMILES string of the molecule is COCCOCCCCNC(=O)C1CCCCC1CN. The lowest BCUT2D eigenvalue weighted by Crippen LogP contribution is -2.39. The van der Waals surface area contributed by atoms with Gasteiger partial charge >= 0.3 is 0 Å². The van der Waals surface area contributed by atoms with Gasteiger partial charge in [-0.25, -0.2) is 0 Å². The number of methoxy groups -OCH3 is 1. The molecule has 3 N–H and O–H groups in total. The third-order valence-corrected chi connectivity index (χ3v) is 4.00. The topological polar surface area (TPSA) is 73.6 Å². The van der Waals surface area contributed by atoms with E-state index in [0.29, 0.717) is 25.7 Å². The zero-order chi connectivity index (χ0) is 14.6. The van der Waals surface area contributed by atoms with Crippen LogP contribution >= 0.6 is 0 Å². The van der Waals surface area contributed by atoms with Gasteiger partial charge in [-0.1, -0.05) is 12.8 Å². The van der Waals surface area contributed by atoms with Crippen molar-refractivity contribution in [3.63, 3.8) is 0 Å². The molecule has 0 aromatic heterocycles. The minimum absolute atomic E-state index is 0.131. The number of carbonyl (C=O) groups excluding carboxylic acids is 1. The van der Waals surface area contributed by atoms with E-state index in [9.17, 15) is 4.79 Å². The average molecular weight is 286 g/mol. The first-order chi connectivity index (χ1) is 9.79. The largest absolute Gasteiger partial charge is 0.382 e. The van der Waals surface area contributed by atoms with Gasteiger partial charge in [0.2, 0.25) is 5.91 Å². The predicted molar refractivity (Wildman–Crippen MR) is 79.4 cm³/mol. The van der Waals surface area contributed by atoms with E-state index in [1.807, 2.05) is 0 Å². The summed E-state index contributed by atoms with van der Waals surface area (Å²) in [4.78, 5) is 12.1. The number of ether oxygens (including phenoxy) is 2. The smallest absolute Gasteiger partial charge is 0.223 e. The van der Waals surface area contributed by atoms with Crippen LogP contribution in [-0.2, 0) is 14.3 Å². The average Bonchev–Trinajstić information content (AvgIpc) is 2.49. The van der Waals surface area contributed by atoms with Gasteiger partial charge in [-0.05, 0) is 38.1 Å². The molecule has 1 rings (SSSR count). The minimum Gasteiger partial charge on any atom is -0.382 e. The fraction of sp³-hybridized carbons (Fsp3) is 0.933. The van der Waals surface area contributed by atoms with Crippen LogP contribution in [0.15, 0.2) is 0 Å². The number of carbonyl (C=O) groups is 1. The number of unbranched alkanes of at least 4 members (excludes halogenated alkanes) is 1. The first kappa shape index (κ1) is 17.4. The van der Waals surface area contributed by atoms with Crippen molar-refractivity contribution in [2.45, 2.75) is 38.5 Å². The van der Waals surface area contributed by atoms with Crippen molar-refractivity contribution in [2.75, 3.05) is 40.0 Å². The monoisotopic (exact) mass is 286 g/mol. The highest BCUT2D eigenvalue weighted by molar-refractivity contribution is 5.79. The highest BCUT2D eigenvalue weighted by Crippen LogP contribution is 2.29. The van der Waals surface area contributed by atoms with Crippen LogP contribution in [0, 0.1) is 11.8 Å². The molecule has 0 aromatic rings. The summed E-state index contributed by atoms with van der Waals surface area (Å²) in [6.07, 6.45) is 6.38. The Hall–Kier alpha value is -0.650. The second-order valence-electron chi connectivity index (χ2n) is 5.49. The van der Waals surface area contributed by atoms with Gasteiger partial charge < -0.3 is 20.5 Å². The van der Waals surface area contributed by atoms with Gasteiger partial charge in [-0.2, -0.15) is 0 Å². The van der Waals surface area contributed by atoms with Gasteiger partial charge in [-0.3, -0.25) is 4.79 Å². The van der Waals surface area contributed by atoms with Crippen molar-refractivity contribution < 1.29 is 14.3 Å². The maximum absolute atomic E-state index is 12.1. The van der Waals surface area contributed by atoms with Crippen LogP contribution in [0.4, 0.5) is 0 Å². The molecule has 0 aromatic carbocycles. The van der Waals surface area contributed by atoms with Crippen molar-refractivity contribution in [1.29, 1.82) is 0 Å². The highest BCUT2D eigenvalue weighted by atomic mass is 16.5. The molecule has 1 saturated carbocycles. The van der Waals surface area contributed by atoms with Crippen LogP contribution in [0.5, 0.6) is 0 Å². The molecule has 0 spiro atoms. The molecular weight excluding hydrogens is 256 g/mol. The van der Waals surface area contributed by atoms with E-state index in [2.05, 4.69) is 5.32 Å². The van der Waals surface area contributed by atoms with Gasteiger partial charge in [0, 0.05) is 26.2 Å². The normalized spacial score (nSPS) is 22.7. The molecule has 5 nitrogen and oxygen atoms in total. The van der Waals surface area contributed by atoms with Crippen LogP contribution in [0.3, 0.4) is 0 Å². The standard InChI is InChI=1S/C15H30N2O3/c1-19-10-11-20-9-5-4-8-17-15(18)14-7-3-2-6-13(14)12-16/h13-14H,2-12,16H2,1H3,(H,17,18). The molecule has 1 amide bonds. The summed E-state index contributed by atoms with van der Waals surface area (Å²) in [5.41, 5.74) is 5.76. The third kappa shape index (κ3) is 6.68. The molecule has 1 aliphatic rings. The molecule has 5 heteroatoms. The summed E-state index contributed by atoms with van der Waals surface area (Å²) in [5, 5.41) is 3.04. The second kappa shape index (κ2) is 11.1. The Morgan fingerprint density at radius 1 is 1.20 bits per heavy atom. The molecule has 0 heterocycles. The zero-order valence-corrected chi connectivity index (χ0v) is 12.7. The van der Waals surface area contributed by atoms with E-state index in [4.69, 9.17) is 15.2 Å². The van der Waals surface area contributed by atoms with E-state index in [1.165, 1.54) is 6.42 Å². The Kier molecular flexibility index (Phi) is 9.62. The molecule has 1 aliphatic carbocycles. The highest BCUT2D eigenvalue weighted by Gasteiger charge is 2.29. The number of hydrogen-bond acceptors (Lipinski definition) is 4. The summed E-state index contributed by atoms with van der Waals surface area (Å²) in [6, 6.07) is 0. The molecule has 0 radical (unpaired) electrons. The molecule has 2 unspecified atom stereocenters. The number of nitrogens with two attached hydrogens (primary N) is 1. The fourth-order valence-electron chi connectivity index (χ4n) is 2.75. The van der Waals surface area contributed by atoms with Crippen molar-refractivity contribution >= 4 is 5.91 Å². The molecule has 1 fully saturated rings. The minimum atomic E-state index is 0.131. The summed E-state index contributed by atoms with van der Waals surface area (Å²) < 4.78 is 10.3. The number of hydrogen-bond donors (Lipinski definition) is 2. The first-order valence-corrected chi connectivity index (χ1v) is 7.84. The predicted octanol–water partition coefficient (Wildman–Crippen LogP) is 1.31. The third-order valence-electron chi connectivity index (χ3n) is 4.00. The molecule has 20 heavy (non-hydrogen) atoms. The van der Waals surface area contributed by atoms with E-state index in [-0.39, 0.29) is 11.8 Å². The lowest BCUT2D eigenvalue weighted by molar-refractivity contribution is -0.127.